The molecule has 148 valence electrons. The van der Waals surface area contributed by atoms with Crippen molar-refractivity contribution in [2.45, 2.75) is 51.8 Å². The number of benzene rings is 1. The van der Waals surface area contributed by atoms with Crippen LogP contribution in [0.15, 0.2) is 30.3 Å². The summed E-state index contributed by atoms with van der Waals surface area (Å²) in [5.74, 6) is -0.460. The molecule has 3 amide bonds. The molecule has 1 heterocycles. The predicted octanol–water partition coefficient (Wildman–Crippen LogP) is 2.69. The first-order valence-corrected chi connectivity index (χ1v) is 8.91. The van der Waals surface area contributed by atoms with Gasteiger partial charge in [-0.1, -0.05) is 30.3 Å². The number of nitrogens with zero attached hydrogens (tertiary/aromatic N) is 2. The Bertz CT molecular complexity index is 672. The van der Waals surface area contributed by atoms with Crippen molar-refractivity contribution < 1.29 is 23.9 Å². The van der Waals surface area contributed by atoms with Crippen molar-refractivity contribution in [3.05, 3.63) is 35.9 Å². The third-order valence-corrected chi connectivity index (χ3v) is 4.01. The number of methoxy groups -OCH3 is 1. The summed E-state index contributed by atoms with van der Waals surface area (Å²) in [7, 11) is 1.30. The van der Waals surface area contributed by atoms with Crippen molar-refractivity contribution in [1.82, 2.24) is 15.3 Å². The molecule has 2 rings (SSSR count). The van der Waals surface area contributed by atoms with Gasteiger partial charge in [-0.15, -0.1) is 0 Å². The molecule has 0 unspecified atom stereocenters. The highest BCUT2D eigenvalue weighted by Crippen LogP contribution is 2.21. The molecule has 0 aromatic heterocycles. The van der Waals surface area contributed by atoms with E-state index < -0.39 is 29.7 Å². The Morgan fingerprint density at radius 3 is 2.48 bits per heavy atom. The lowest BCUT2D eigenvalue weighted by molar-refractivity contribution is -0.145. The van der Waals surface area contributed by atoms with E-state index in [0.717, 1.165) is 5.56 Å². The van der Waals surface area contributed by atoms with Crippen LogP contribution in [-0.2, 0) is 20.8 Å². The van der Waals surface area contributed by atoms with E-state index in [9.17, 15) is 14.4 Å². The van der Waals surface area contributed by atoms with Crippen LogP contribution in [0, 0.1) is 0 Å². The number of nitrogens with one attached hydrogen (secondary N) is 1. The average molecular weight is 377 g/mol. The molecule has 0 radical (unpaired) electrons. The quantitative estimate of drug-likeness (QED) is 0.646. The summed E-state index contributed by atoms with van der Waals surface area (Å²) in [6, 6.07) is 8.12. The zero-order valence-corrected chi connectivity index (χ0v) is 16.2. The number of urea groups is 1. The standard InChI is InChI=1S/C19H27N3O5/c1-19(2,3)27-17(24)20-22(13-14-9-6-5-7-10-14)18(25)21-12-8-11-15(21)16(23)26-4/h5-7,9-10,15H,8,11-13H2,1-4H3,(H,20,24)/t15-/m0/s1. The zero-order chi connectivity index (χ0) is 20.0. The van der Waals surface area contributed by atoms with Gasteiger partial charge in [0, 0.05) is 6.54 Å². The van der Waals surface area contributed by atoms with Gasteiger partial charge in [0.1, 0.15) is 11.6 Å². The molecule has 0 bridgehead atoms. The monoisotopic (exact) mass is 377 g/mol. The van der Waals surface area contributed by atoms with Gasteiger partial charge in [0.25, 0.3) is 0 Å². The van der Waals surface area contributed by atoms with Crippen molar-refractivity contribution >= 4 is 18.1 Å². The second-order valence-electron chi connectivity index (χ2n) is 7.34. The molecule has 1 atom stereocenters. The first-order valence-electron chi connectivity index (χ1n) is 8.91. The fourth-order valence-electron chi connectivity index (χ4n) is 2.86. The average Bonchev–Trinajstić information content (AvgIpc) is 3.08. The number of carbonyl (C=O) groups is 3. The molecular weight excluding hydrogens is 350 g/mol. The fraction of sp³-hybridized carbons (Fsp3) is 0.526. The minimum atomic E-state index is -0.736. The van der Waals surface area contributed by atoms with Crippen molar-refractivity contribution in [2.75, 3.05) is 13.7 Å². The first-order chi connectivity index (χ1) is 12.7. The summed E-state index contributed by atoms with van der Waals surface area (Å²) in [5, 5.41) is 1.17. The van der Waals surface area contributed by atoms with Crippen molar-refractivity contribution in [2.24, 2.45) is 0 Å². The van der Waals surface area contributed by atoms with Gasteiger partial charge in [0.05, 0.1) is 13.7 Å². The Hall–Kier alpha value is -2.77. The highest BCUT2D eigenvalue weighted by Gasteiger charge is 2.37. The van der Waals surface area contributed by atoms with E-state index in [1.807, 2.05) is 30.3 Å². The van der Waals surface area contributed by atoms with Crippen molar-refractivity contribution in [1.29, 1.82) is 0 Å². The van der Waals surface area contributed by atoms with Crippen LogP contribution in [0.25, 0.3) is 0 Å². The number of carbonyl (C=O) groups excluding carboxylic acids is 3. The predicted molar refractivity (Wildman–Crippen MR) is 98.5 cm³/mol. The Labute approximate surface area is 159 Å². The second-order valence-corrected chi connectivity index (χ2v) is 7.34. The van der Waals surface area contributed by atoms with Crippen LogP contribution in [-0.4, -0.2) is 53.3 Å². The van der Waals surface area contributed by atoms with Gasteiger partial charge in [-0.05, 0) is 39.2 Å². The molecule has 1 aromatic carbocycles. The number of likely N-dealkylation sites (tertiary alicyclic amines) is 1. The zero-order valence-electron chi connectivity index (χ0n) is 16.2. The molecule has 1 fully saturated rings. The van der Waals surface area contributed by atoms with E-state index in [1.165, 1.54) is 17.0 Å². The molecule has 1 N–H and O–H groups in total. The molecule has 1 aliphatic heterocycles. The van der Waals surface area contributed by atoms with Gasteiger partial charge in [-0.2, -0.15) is 0 Å². The molecule has 27 heavy (non-hydrogen) atoms. The number of esters is 1. The number of hydrogen-bond donors (Lipinski definition) is 1. The topological polar surface area (TPSA) is 88.2 Å². The van der Waals surface area contributed by atoms with Crippen LogP contribution in [0.1, 0.15) is 39.2 Å². The number of hydrazine groups is 1. The second kappa shape index (κ2) is 8.75. The number of amides is 3. The van der Waals surface area contributed by atoms with Crippen LogP contribution in [0.2, 0.25) is 0 Å². The lowest BCUT2D eigenvalue weighted by Gasteiger charge is -2.31. The van der Waals surface area contributed by atoms with E-state index in [-0.39, 0.29) is 6.54 Å². The Morgan fingerprint density at radius 1 is 1.22 bits per heavy atom. The fourth-order valence-corrected chi connectivity index (χ4v) is 2.86. The Kier molecular flexibility index (Phi) is 6.65. The summed E-state index contributed by atoms with van der Waals surface area (Å²) < 4.78 is 10.1. The molecule has 1 aromatic rings. The summed E-state index contributed by atoms with van der Waals surface area (Å²) >= 11 is 0. The minimum Gasteiger partial charge on any atom is -0.467 e. The van der Waals surface area contributed by atoms with Gasteiger partial charge < -0.3 is 14.4 Å². The third-order valence-electron chi connectivity index (χ3n) is 4.01. The van der Waals surface area contributed by atoms with E-state index >= 15 is 0 Å². The van der Waals surface area contributed by atoms with Gasteiger partial charge in [-0.3, -0.25) is 0 Å². The highest BCUT2D eigenvalue weighted by molar-refractivity contribution is 5.85. The van der Waals surface area contributed by atoms with Crippen LogP contribution in [0.4, 0.5) is 9.59 Å². The van der Waals surface area contributed by atoms with Crippen molar-refractivity contribution in [3.63, 3.8) is 0 Å². The smallest absolute Gasteiger partial charge is 0.426 e. The maximum atomic E-state index is 13.1. The van der Waals surface area contributed by atoms with E-state index in [2.05, 4.69) is 5.43 Å². The summed E-state index contributed by atoms with van der Waals surface area (Å²) in [4.78, 5) is 38.7. The Morgan fingerprint density at radius 2 is 1.89 bits per heavy atom. The molecule has 0 spiro atoms. The molecule has 0 aliphatic carbocycles. The molecule has 0 saturated carbocycles. The van der Waals surface area contributed by atoms with Crippen LogP contribution >= 0.6 is 0 Å². The van der Waals surface area contributed by atoms with Gasteiger partial charge in [0.15, 0.2) is 0 Å². The highest BCUT2D eigenvalue weighted by atomic mass is 16.6. The van der Waals surface area contributed by atoms with Crippen LogP contribution in [0.5, 0.6) is 0 Å². The van der Waals surface area contributed by atoms with Gasteiger partial charge >= 0.3 is 18.1 Å². The molecule has 8 nitrogen and oxygen atoms in total. The largest absolute Gasteiger partial charge is 0.467 e. The summed E-state index contributed by atoms with van der Waals surface area (Å²) in [6.45, 7) is 5.78. The normalized spacial score (nSPS) is 16.6. The van der Waals surface area contributed by atoms with E-state index in [4.69, 9.17) is 9.47 Å². The molecule has 8 heteroatoms. The minimum absolute atomic E-state index is 0.142. The lowest BCUT2D eigenvalue weighted by atomic mass is 10.2. The number of ether oxygens (including phenoxy) is 2. The van der Waals surface area contributed by atoms with E-state index in [1.54, 1.807) is 20.8 Å². The number of hydrogen-bond acceptors (Lipinski definition) is 5. The van der Waals surface area contributed by atoms with E-state index in [0.29, 0.717) is 19.4 Å². The first kappa shape index (κ1) is 20.5. The summed E-state index contributed by atoms with van der Waals surface area (Å²) in [5.41, 5.74) is 2.63. The molecule has 1 aliphatic rings. The maximum absolute atomic E-state index is 13.1. The maximum Gasteiger partial charge on any atom is 0.426 e. The lowest BCUT2D eigenvalue weighted by Crippen LogP contribution is -2.54. The molecular formula is C19H27N3O5. The van der Waals surface area contributed by atoms with Gasteiger partial charge in [-0.25, -0.2) is 24.8 Å². The Balaban J connectivity index is 2.18. The third kappa shape index (κ3) is 5.87. The SMILES string of the molecule is COC(=O)[C@@H]1CCCN1C(=O)N(Cc1ccccc1)NC(=O)OC(C)(C)C. The number of rotatable bonds is 3. The summed E-state index contributed by atoms with van der Waals surface area (Å²) in [6.07, 6.45) is 0.488. The van der Waals surface area contributed by atoms with Crippen molar-refractivity contribution in [3.8, 4) is 0 Å². The van der Waals surface area contributed by atoms with Gasteiger partial charge in [0.2, 0.25) is 0 Å². The van der Waals surface area contributed by atoms with Crippen LogP contribution < -0.4 is 5.43 Å². The van der Waals surface area contributed by atoms with Crippen LogP contribution in [0.3, 0.4) is 0 Å². The molecule has 1 saturated heterocycles.